The van der Waals surface area contributed by atoms with Gasteiger partial charge in [-0.3, -0.25) is 0 Å². The van der Waals surface area contributed by atoms with Crippen molar-refractivity contribution in [3.05, 3.63) is 23.7 Å². The van der Waals surface area contributed by atoms with Crippen LogP contribution in [0.15, 0.2) is 16.5 Å². The molecule has 2 amide bonds. The molecule has 1 saturated carbocycles. The van der Waals surface area contributed by atoms with E-state index in [0.29, 0.717) is 11.8 Å². The topological polar surface area (TPSA) is 82.8 Å². The molecule has 1 aromatic heterocycles. The van der Waals surface area contributed by atoms with E-state index in [4.69, 9.17) is 9.52 Å². The molecule has 0 unspecified atom stereocenters. The van der Waals surface area contributed by atoms with E-state index >= 15 is 0 Å². The van der Waals surface area contributed by atoms with Crippen molar-refractivity contribution in [3.63, 3.8) is 0 Å². The SMILES string of the molecule is CCCCN(C(=O)NCc1ccc(C(=O)O)o1)C1CC1. The molecule has 2 rings (SSSR count). The average molecular weight is 280 g/mol. The maximum atomic E-state index is 12.1. The fraction of sp³-hybridized carbons (Fsp3) is 0.571. The Labute approximate surface area is 117 Å². The van der Waals surface area contributed by atoms with Gasteiger partial charge in [0.2, 0.25) is 5.76 Å². The number of nitrogens with one attached hydrogen (secondary N) is 1. The van der Waals surface area contributed by atoms with E-state index in [9.17, 15) is 9.59 Å². The van der Waals surface area contributed by atoms with Crippen LogP contribution in [0.5, 0.6) is 0 Å². The van der Waals surface area contributed by atoms with Crippen LogP contribution in [0.2, 0.25) is 0 Å². The van der Waals surface area contributed by atoms with Crippen molar-refractivity contribution in [2.75, 3.05) is 6.54 Å². The molecule has 0 radical (unpaired) electrons. The standard InChI is InChI=1S/C14H20N2O4/c1-2-3-8-16(10-4-5-10)14(19)15-9-11-6-7-12(20-11)13(17)18/h6-7,10H,2-5,8-9H2,1H3,(H,15,19)(H,17,18). The number of hydrogen-bond donors (Lipinski definition) is 2. The second kappa shape index (κ2) is 6.45. The van der Waals surface area contributed by atoms with Gasteiger partial charge in [0.15, 0.2) is 0 Å². The van der Waals surface area contributed by atoms with Gasteiger partial charge in [-0.05, 0) is 31.4 Å². The fourth-order valence-corrected chi connectivity index (χ4v) is 2.02. The quantitative estimate of drug-likeness (QED) is 0.803. The zero-order valence-corrected chi connectivity index (χ0v) is 11.6. The number of carboxylic acids is 1. The second-order valence-corrected chi connectivity index (χ2v) is 5.01. The van der Waals surface area contributed by atoms with Crippen LogP contribution >= 0.6 is 0 Å². The van der Waals surface area contributed by atoms with Crippen LogP contribution in [0.4, 0.5) is 4.79 Å². The first-order valence-corrected chi connectivity index (χ1v) is 6.98. The van der Waals surface area contributed by atoms with Gasteiger partial charge in [-0.25, -0.2) is 9.59 Å². The lowest BCUT2D eigenvalue weighted by Crippen LogP contribution is -2.41. The van der Waals surface area contributed by atoms with Crippen molar-refractivity contribution in [3.8, 4) is 0 Å². The summed E-state index contributed by atoms with van der Waals surface area (Å²) in [5.74, 6) is -0.772. The zero-order valence-electron chi connectivity index (χ0n) is 11.6. The largest absolute Gasteiger partial charge is 0.475 e. The van der Waals surface area contributed by atoms with Crippen LogP contribution in [-0.4, -0.2) is 34.6 Å². The Morgan fingerprint density at radius 2 is 2.20 bits per heavy atom. The van der Waals surface area contributed by atoms with Crippen molar-refractivity contribution >= 4 is 12.0 Å². The van der Waals surface area contributed by atoms with E-state index in [1.165, 1.54) is 6.07 Å². The normalized spacial score (nSPS) is 14.1. The number of nitrogens with zero attached hydrogens (tertiary/aromatic N) is 1. The van der Waals surface area contributed by atoms with Crippen LogP contribution in [0.25, 0.3) is 0 Å². The van der Waals surface area contributed by atoms with Gasteiger partial charge in [-0.15, -0.1) is 0 Å². The Kier molecular flexibility index (Phi) is 4.65. The molecule has 1 heterocycles. The minimum Gasteiger partial charge on any atom is -0.475 e. The van der Waals surface area contributed by atoms with Crippen molar-refractivity contribution in [2.24, 2.45) is 0 Å². The Hall–Kier alpha value is -1.98. The van der Waals surface area contributed by atoms with Crippen molar-refractivity contribution < 1.29 is 19.1 Å². The number of carboxylic acid groups (broad SMARTS) is 1. The molecule has 110 valence electrons. The van der Waals surface area contributed by atoms with Crippen LogP contribution in [0, 0.1) is 0 Å². The van der Waals surface area contributed by atoms with E-state index in [0.717, 1.165) is 32.2 Å². The number of furan rings is 1. The number of carbonyl (C=O) groups is 2. The summed E-state index contributed by atoms with van der Waals surface area (Å²) in [5, 5.41) is 11.5. The van der Waals surface area contributed by atoms with Crippen LogP contribution in [0.1, 0.15) is 48.9 Å². The monoisotopic (exact) mass is 280 g/mol. The van der Waals surface area contributed by atoms with Gasteiger partial charge >= 0.3 is 12.0 Å². The molecule has 1 aliphatic carbocycles. The number of carbonyl (C=O) groups excluding carboxylic acids is 1. The highest BCUT2D eigenvalue weighted by atomic mass is 16.4. The molecule has 1 aromatic rings. The molecule has 0 spiro atoms. The first kappa shape index (κ1) is 14.4. The van der Waals surface area contributed by atoms with E-state index in [1.54, 1.807) is 6.07 Å². The lowest BCUT2D eigenvalue weighted by molar-refractivity contribution is 0.0660. The highest BCUT2D eigenvalue weighted by Gasteiger charge is 2.31. The Bertz CT molecular complexity index is 479. The molecule has 1 fully saturated rings. The first-order chi connectivity index (χ1) is 9.61. The molecule has 1 aliphatic rings. The van der Waals surface area contributed by atoms with E-state index < -0.39 is 5.97 Å². The number of rotatable bonds is 7. The maximum absolute atomic E-state index is 12.1. The third kappa shape index (κ3) is 3.76. The number of unbranched alkanes of at least 4 members (excludes halogenated alkanes) is 1. The van der Waals surface area contributed by atoms with E-state index in [-0.39, 0.29) is 18.3 Å². The number of amides is 2. The van der Waals surface area contributed by atoms with E-state index in [1.807, 2.05) is 4.90 Å². The number of urea groups is 1. The summed E-state index contributed by atoms with van der Waals surface area (Å²) >= 11 is 0. The Morgan fingerprint density at radius 3 is 2.75 bits per heavy atom. The van der Waals surface area contributed by atoms with Crippen molar-refractivity contribution in [1.29, 1.82) is 0 Å². The summed E-state index contributed by atoms with van der Waals surface area (Å²) in [6.07, 6.45) is 4.19. The second-order valence-electron chi connectivity index (χ2n) is 5.01. The summed E-state index contributed by atoms with van der Waals surface area (Å²) < 4.78 is 5.10. The number of aromatic carboxylic acids is 1. The van der Waals surface area contributed by atoms with Gasteiger partial charge in [0.25, 0.3) is 0 Å². The zero-order chi connectivity index (χ0) is 14.5. The third-order valence-corrected chi connectivity index (χ3v) is 3.29. The summed E-state index contributed by atoms with van der Waals surface area (Å²) in [4.78, 5) is 24.7. The molecule has 2 N–H and O–H groups in total. The van der Waals surface area contributed by atoms with E-state index in [2.05, 4.69) is 12.2 Å². The molecule has 0 saturated heterocycles. The summed E-state index contributed by atoms with van der Waals surface area (Å²) in [5.41, 5.74) is 0. The molecule has 0 aromatic carbocycles. The molecular weight excluding hydrogens is 260 g/mol. The predicted molar refractivity (Wildman–Crippen MR) is 72.5 cm³/mol. The van der Waals surface area contributed by atoms with Crippen LogP contribution in [0.3, 0.4) is 0 Å². The Morgan fingerprint density at radius 1 is 1.45 bits per heavy atom. The summed E-state index contributed by atoms with van der Waals surface area (Å²) in [6.45, 7) is 3.08. The molecule has 0 bridgehead atoms. The first-order valence-electron chi connectivity index (χ1n) is 6.98. The van der Waals surface area contributed by atoms with Crippen LogP contribution < -0.4 is 5.32 Å². The molecule has 6 nitrogen and oxygen atoms in total. The minimum atomic E-state index is -1.11. The molecule has 6 heteroatoms. The van der Waals surface area contributed by atoms with Gasteiger partial charge in [0.05, 0.1) is 6.54 Å². The van der Waals surface area contributed by atoms with Crippen molar-refractivity contribution in [2.45, 2.75) is 45.2 Å². The average Bonchev–Trinajstić information content (AvgIpc) is 3.14. The van der Waals surface area contributed by atoms with Crippen LogP contribution in [-0.2, 0) is 6.54 Å². The molecular formula is C14H20N2O4. The highest BCUT2D eigenvalue weighted by Crippen LogP contribution is 2.27. The third-order valence-electron chi connectivity index (χ3n) is 3.29. The maximum Gasteiger partial charge on any atom is 0.371 e. The lowest BCUT2D eigenvalue weighted by atomic mass is 10.3. The molecule has 0 aliphatic heterocycles. The van der Waals surface area contributed by atoms with Gasteiger partial charge < -0.3 is 19.7 Å². The molecule has 0 atom stereocenters. The number of hydrogen-bond acceptors (Lipinski definition) is 3. The summed E-state index contributed by atoms with van der Waals surface area (Å²) in [6, 6.07) is 3.22. The fourth-order valence-electron chi connectivity index (χ4n) is 2.02. The van der Waals surface area contributed by atoms with Gasteiger partial charge in [-0.1, -0.05) is 13.3 Å². The predicted octanol–water partition coefficient (Wildman–Crippen LogP) is 2.45. The van der Waals surface area contributed by atoms with Gasteiger partial charge in [0, 0.05) is 12.6 Å². The minimum absolute atomic E-state index is 0.103. The lowest BCUT2D eigenvalue weighted by Gasteiger charge is -2.22. The van der Waals surface area contributed by atoms with Gasteiger partial charge in [0.1, 0.15) is 5.76 Å². The highest BCUT2D eigenvalue weighted by molar-refractivity contribution is 5.84. The van der Waals surface area contributed by atoms with Gasteiger partial charge in [-0.2, -0.15) is 0 Å². The Balaban J connectivity index is 1.84. The smallest absolute Gasteiger partial charge is 0.371 e. The summed E-state index contributed by atoms with van der Waals surface area (Å²) in [7, 11) is 0. The molecule has 20 heavy (non-hydrogen) atoms. The van der Waals surface area contributed by atoms with Crippen molar-refractivity contribution in [1.82, 2.24) is 10.2 Å².